The van der Waals surface area contributed by atoms with E-state index < -0.39 is 41.6 Å². The van der Waals surface area contributed by atoms with Gasteiger partial charge in [0.15, 0.2) is 24.1 Å². The summed E-state index contributed by atoms with van der Waals surface area (Å²) >= 11 is 0. The molecular formula is C14H10F3NO4. The molecule has 2 rings (SSSR count). The minimum atomic E-state index is -1.70. The van der Waals surface area contributed by atoms with Gasteiger partial charge in [-0.05, 0) is 25.1 Å². The van der Waals surface area contributed by atoms with Gasteiger partial charge in [-0.1, -0.05) is 0 Å². The molecule has 2 aromatic rings. The first kappa shape index (κ1) is 15.6. The Kier molecular flexibility index (Phi) is 4.50. The molecule has 0 aliphatic rings. The maximum atomic E-state index is 13.3. The lowest BCUT2D eigenvalue weighted by Crippen LogP contribution is -2.21. The second-order valence-corrected chi connectivity index (χ2v) is 4.24. The Morgan fingerprint density at radius 1 is 1.18 bits per heavy atom. The van der Waals surface area contributed by atoms with Crippen LogP contribution in [0.3, 0.4) is 0 Å². The minimum absolute atomic E-state index is 0.145. The van der Waals surface area contributed by atoms with E-state index in [1.807, 2.05) is 5.32 Å². The Labute approximate surface area is 122 Å². The van der Waals surface area contributed by atoms with Crippen molar-refractivity contribution in [1.82, 2.24) is 0 Å². The van der Waals surface area contributed by atoms with Crippen molar-refractivity contribution in [2.24, 2.45) is 0 Å². The monoisotopic (exact) mass is 313 g/mol. The molecule has 0 aliphatic heterocycles. The van der Waals surface area contributed by atoms with E-state index in [9.17, 15) is 22.8 Å². The van der Waals surface area contributed by atoms with E-state index in [0.717, 1.165) is 6.07 Å². The molecular weight excluding hydrogens is 303 g/mol. The third-order valence-corrected chi connectivity index (χ3v) is 2.72. The van der Waals surface area contributed by atoms with Crippen molar-refractivity contribution in [3.8, 4) is 0 Å². The van der Waals surface area contributed by atoms with Crippen LogP contribution in [0.5, 0.6) is 0 Å². The van der Waals surface area contributed by atoms with Crippen LogP contribution >= 0.6 is 0 Å². The Balaban J connectivity index is 1.95. The van der Waals surface area contributed by atoms with E-state index in [0.29, 0.717) is 11.8 Å². The standard InChI is InChI=1S/C14H10F3NO4/c1-7-8(4-5-21-7)14(20)22-6-11(19)18-10-3-2-9(15)12(16)13(10)17/h2-5H,6H2,1H3,(H,18,19). The molecule has 5 nitrogen and oxygen atoms in total. The highest BCUT2D eigenvalue weighted by atomic mass is 19.2. The third-order valence-electron chi connectivity index (χ3n) is 2.72. The second-order valence-electron chi connectivity index (χ2n) is 4.24. The number of carbonyl (C=O) groups is 2. The largest absolute Gasteiger partial charge is 0.469 e. The average Bonchev–Trinajstić information content (AvgIpc) is 2.91. The maximum absolute atomic E-state index is 13.3. The summed E-state index contributed by atoms with van der Waals surface area (Å²) in [7, 11) is 0. The molecule has 0 saturated heterocycles. The number of ether oxygens (including phenoxy) is 1. The van der Waals surface area contributed by atoms with Gasteiger partial charge >= 0.3 is 5.97 Å². The highest BCUT2D eigenvalue weighted by Crippen LogP contribution is 2.19. The zero-order valence-corrected chi connectivity index (χ0v) is 11.3. The topological polar surface area (TPSA) is 68.5 Å². The molecule has 0 fully saturated rings. The van der Waals surface area contributed by atoms with Crippen LogP contribution in [0.25, 0.3) is 0 Å². The summed E-state index contributed by atoms with van der Waals surface area (Å²) in [6.07, 6.45) is 1.28. The number of benzene rings is 1. The maximum Gasteiger partial charge on any atom is 0.342 e. The van der Waals surface area contributed by atoms with Crippen LogP contribution in [0, 0.1) is 24.4 Å². The fraction of sp³-hybridized carbons (Fsp3) is 0.143. The lowest BCUT2D eigenvalue weighted by Gasteiger charge is -2.08. The molecule has 0 atom stereocenters. The molecule has 1 aromatic heterocycles. The normalized spacial score (nSPS) is 10.4. The van der Waals surface area contributed by atoms with E-state index in [-0.39, 0.29) is 5.56 Å². The lowest BCUT2D eigenvalue weighted by molar-refractivity contribution is -0.119. The number of esters is 1. The number of aryl methyl sites for hydroxylation is 1. The van der Waals surface area contributed by atoms with Gasteiger partial charge in [-0.15, -0.1) is 0 Å². The number of halogens is 3. The molecule has 0 unspecified atom stereocenters. The third kappa shape index (κ3) is 3.27. The number of furan rings is 1. The Hall–Kier alpha value is -2.77. The molecule has 22 heavy (non-hydrogen) atoms. The molecule has 0 bridgehead atoms. The summed E-state index contributed by atoms with van der Waals surface area (Å²) in [4.78, 5) is 23.1. The average molecular weight is 313 g/mol. The summed E-state index contributed by atoms with van der Waals surface area (Å²) in [6, 6.07) is 2.88. The quantitative estimate of drug-likeness (QED) is 0.696. The molecule has 0 saturated carbocycles. The molecule has 1 amide bonds. The van der Waals surface area contributed by atoms with Gasteiger partial charge in [0.25, 0.3) is 5.91 Å². The van der Waals surface area contributed by atoms with E-state index in [1.165, 1.54) is 19.3 Å². The number of nitrogens with one attached hydrogen (secondary N) is 1. The van der Waals surface area contributed by atoms with E-state index >= 15 is 0 Å². The van der Waals surface area contributed by atoms with Crippen molar-refractivity contribution in [1.29, 1.82) is 0 Å². The Bertz CT molecular complexity index is 727. The minimum Gasteiger partial charge on any atom is -0.469 e. The SMILES string of the molecule is Cc1occc1C(=O)OCC(=O)Nc1ccc(F)c(F)c1F. The van der Waals surface area contributed by atoms with Crippen molar-refractivity contribution in [3.63, 3.8) is 0 Å². The summed E-state index contributed by atoms with van der Waals surface area (Å²) in [5, 5.41) is 1.97. The first-order chi connectivity index (χ1) is 10.4. The number of amides is 1. The van der Waals surface area contributed by atoms with Crippen LogP contribution in [0.2, 0.25) is 0 Å². The van der Waals surface area contributed by atoms with Gasteiger partial charge in [0, 0.05) is 0 Å². The predicted octanol–water partition coefficient (Wildman–Crippen LogP) is 2.80. The van der Waals surface area contributed by atoms with Crippen LogP contribution in [-0.2, 0) is 9.53 Å². The number of carbonyl (C=O) groups excluding carboxylic acids is 2. The fourth-order valence-corrected chi connectivity index (χ4v) is 1.61. The highest BCUT2D eigenvalue weighted by Gasteiger charge is 2.17. The van der Waals surface area contributed by atoms with Crippen molar-refractivity contribution in [2.45, 2.75) is 6.92 Å². The van der Waals surface area contributed by atoms with E-state index in [2.05, 4.69) is 0 Å². The summed E-state index contributed by atoms with van der Waals surface area (Å²) in [6.45, 7) is 0.815. The first-order valence-corrected chi connectivity index (χ1v) is 6.04. The molecule has 0 aliphatic carbocycles. The Morgan fingerprint density at radius 3 is 2.55 bits per heavy atom. The smallest absolute Gasteiger partial charge is 0.342 e. The molecule has 1 N–H and O–H groups in total. The number of anilines is 1. The van der Waals surface area contributed by atoms with Gasteiger partial charge in [0.2, 0.25) is 0 Å². The zero-order valence-electron chi connectivity index (χ0n) is 11.3. The van der Waals surface area contributed by atoms with Gasteiger partial charge < -0.3 is 14.5 Å². The molecule has 1 aromatic carbocycles. The predicted molar refractivity (Wildman–Crippen MR) is 68.7 cm³/mol. The van der Waals surface area contributed by atoms with Gasteiger partial charge in [-0.2, -0.15) is 0 Å². The summed E-state index contributed by atoms with van der Waals surface area (Å²) in [5.74, 6) is -6.00. The summed E-state index contributed by atoms with van der Waals surface area (Å²) in [5.41, 5.74) is -0.411. The van der Waals surface area contributed by atoms with Gasteiger partial charge in [0.1, 0.15) is 11.3 Å². The van der Waals surface area contributed by atoms with E-state index in [1.54, 1.807) is 0 Å². The van der Waals surface area contributed by atoms with Crippen LogP contribution < -0.4 is 5.32 Å². The summed E-state index contributed by atoms with van der Waals surface area (Å²) < 4.78 is 48.7. The van der Waals surface area contributed by atoms with Crippen molar-refractivity contribution in [2.75, 3.05) is 11.9 Å². The van der Waals surface area contributed by atoms with Crippen LogP contribution in [0.4, 0.5) is 18.9 Å². The number of hydrogen-bond donors (Lipinski definition) is 1. The fourth-order valence-electron chi connectivity index (χ4n) is 1.61. The molecule has 8 heteroatoms. The molecule has 0 radical (unpaired) electrons. The van der Waals surface area contributed by atoms with Gasteiger partial charge in [0.05, 0.1) is 12.0 Å². The van der Waals surface area contributed by atoms with Gasteiger partial charge in [-0.3, -0.25) is 4.79 Å². The van der Waals surface area contributed by atoms with Crippen LogP contribution in [-0.4, -0.2) is 18.5 Å². The zero-order chi connectivity index (χ0) is 16.3. The second kappa shape index (κ2) is 6.33. The molecule has 1 heterocycles. The number of rotatable bonds is 4. The molecule has 0 spiro atoms. The van der Waals surface area contributed by atoms with Gasteiger partial charge in [-0.25, -0.2) is 18.0 Å². The lowest BCUT2D eigenvalue weighted by atomic mass is 10.2. The van der Waals surface area contributed by atoms with Crippen molar-refractivity contribution >= 4 is 17.6 Å². The molecule has 116 valence electrons. The van der Waals surface area contributed by atoms with Crippen molar-refractivity contribution < 1.29 is 31.9 Å². The first-order valence-electron chi connectivity index (χ1n) is 6.04. The van der Waals surface area contributed by atoms with E-state index in [4.69, 9.17) is 9.15 Å². The number of hydrogen-bond acceptors (Lipinski definition) is 4. The van der Waals surface area contributed by atoms with Crippen LogP contribution in [0.1, 0.15) is 16.1 Å². The van der Waals surface area contributed by atoms with Crippen molar-refractivity contribution in [3.05, 3.63) is 53.2 Å². The van der Waals surface area contributed by atoms with Crippen LogP contribution in [0.15, 0.2) is 28.9 Å². The Morgan fingerprint density at radius 2 is 1.91 bits per heavy atom. The highest BCUT2D eigenvalue weighted by molar-refractivity contribution is 5.95.